The summed E-state index contributed by atoms with van der Waals surface area (Å²) in [6.07, 6.45) is -28.4. The molecular formula is C61H104O27. The Labute approximate surface area is 514 Å². The zero-order chi connectivity index (χ0) is 64.7. The van der Waals surface area contributed by atoms with E-state index in [1.54, 1.807) is 20.8 Å². The van der Waals surface area contributed by atoms with E-state index in [4.69, 9.17) is 47.4 Å². The number of hydrogen-bond acceptors (Lipinski definition) is 27. The van der Waals surface area contributed by atoms with Crippen LogP contribution in [0.2, 0.25) is 0 Å². The van der Waals surface area contributed by atoms with Crippen molar-refractivity contribution in [2.24, 2.45) is 51.2 Å². The number of aliphatic hydroxyl groups excluding tert-OH is 16. The molecule has 0 aromatic heterocycles. The average molecular weight is 1270 g/mol. The standard InChI is InChI=1S/C61H104O27/c1-25(10-14-39(58(5,6)78)87-40-18-30(64)26(2)33(82-40)22-79-55-51(76)47(72)43(68)34(85-55)23-80-53-49(74)45(70)41(66)31(20-62)83-53)27-16-17-59(7)36-13-11-28-29(61(36,9)37(65)19-60(27,59)8)12-15-38(57(28,3)4)88-56-52(77)48(73)44(69)35(86-56)24-81-54-50(75)46(71)42(67)32(21-63)84-54/h11,25-27,29-56,62-78H,10,12-24H2,1-9H3/t25-,26+,27?,29?,30-,31-,32-,33-,34-,35-,36?,37-,38+,39-,40+,41-,42-,43-,44-,45+,46+,47+,48+,49-,50-,51-,52-,53+,54+,55-,56+,59+,60-,61+/m1/s1. The molecule has 88 heavy (non-hydrogen) atoms. The summed E-state index contributed by atoms with van der Waals surface area (Å²) in [6, 6.07) is 0. The number of aliphatic hydroxyl groups is 17. The zero-order valence-electron chi connectivity index (χ0n) is 52.1. The van der Waals surface area contributed by atoms with Crippen LogP contribution in [0.3, 0.4) is 0 Å². The fourth-order valence-corrected chi connectivity index (χ4v) is 17.1. The Morgan fingerprint density at radius 3 is 1.53 bits per heavy atom. The summed E-state index contributed by atoms with van der Waals surface area (Å²) >= 11 is 0. The van der Waals surface area contributed by atoms with Gasteiger partial charge in [-0.2, -0.15) is 0 Å². The first kappa shape index (κ1) is 71.0. The zero-order valence-corrected chi connectivity index (χ0v) is 52.1. The fourth-order valence-electron chi connectivity index (χ4n) is 17.1. The van der Waals surface area contributed by atoms with Gasteiger partial charge in [0.05, 0.1) is 69.2 Å². The molecule has 34 atom stereocenters. The number of allylic oxidation sites excluding steroid dienone is 1. The Morgan fingerprint density at radius 1 is 0.568 bits per heavy atom. The molecule has 0 aromatic rings. The number of fused-ring (bicyclic) bond motifs is 5. The van der Waals surface area contributed by atoms with Gasteiger partial charge in [-0.05, 0) is 99.7 Å². The second-order valence-corrected chi connectivity index (χ2v) is 29.0. The Balaban J connectivity index is 0.805. The molecule has 5 saturated heterocycles. The SMILES string of the molecule is C[C@H]1[C@H](O)C[C@H](O[C@H](CC[C@@H](C)C2CC[C@@]3(C)C4CC=C5C(CC[C@H](O[C@@H]6O[C@H](CO[C@H]7O[C@H](CO)[C@@H](O)[C@H](O)[C@H]7O)[C@@H](O)[C@H](O)[C@H]6O)C5(C)C)[C@]4(C)[C@H](O)C[C@]23C)C(C)(C)O)O[C@@H]1CO[C@@H]1O[C@H](CO[C@H]2O[C@H](CO)[C@@H](O)[C@H](O)[C@H]2O)[C@@H](O)[C@H](O)[C@H]1O. The molecule has 510 valence electrons. The summed E-state index contributed by atoms with van der Waals surface area (Å²) in [7, 11) is 0. The highest BCUT2D eigenvalue weighted by molar-refractivity contribution is 5.32. The molecule has 3 unspecified atom stereocenters. The van der Waals surface area contributed by atoms with Crippen LogP contribution in [0.4, 0.5) is 0 Å². The van der Waals surface area contributed by atoms with Crippen LogP contribution in [0, 0.1) is 51.2 Å². The van der Waals surface area contributed by atoms with E-state index in [2.05, 4.69) is 47.6 Å². The molecule has 5 heterocycles. The minimum Gasteiger partial charge on any atom is -0.394 e. The smallest absolute Gasteiger partial charge is 0.187 e. The van der Waals surface area contributed by atoms with Gasteiger partial charge in [0, 0.05) is 23.2 Å². The number of hydrogen-bond donors (Lipinski definition) is 17. The molecule has 0 spiro atoms. The summed E-state index contributed by atoms with van der Waals surface area (Å²) in [6.45, 7) is 15.7. The van der Waals surface area contributed by atoms with Gasteiger partial charge in [0.2, 0.25) is 0 Å². The molecule has 27 nitrogen and oxygen atoms in total. The van der Waals surface area contributed by atoms with Crippen molar-refractivity contribution < 1.29 is 134 Å². The lowest BCUT2D eigenvalue weighted by atomic mass is 9.38. The first-order valence-electron chi connectivity index (χ1n) is 31.8. The van der Waals surface area contributed by atoms with Crippen LogP contribution >= 0.6 is 0 Å². The van der Waals surface area contributed by atoms with Crippen molar-refractivity contribution in [1.82, 2.24) is 0 Å². The molecule has 9 rings (SSSR count). The van der Waals surface area contributed by atoms with Gasteiger partial charge in [0.15, 0.2) is 31.5 Å². The van der Waals surface area contributed by atoms with E-state index in [1.165, 1.54) is 0 Å². The highest BCUT2D eigenvalue weighted by atomic mass is 16.8. The van der Waals surface area contributed by atoms with Crippen LogP contribution in [0.15, 0.2) is 11.6 Å². The third kappa shape index (κ3) is 13.1. The molecule has 27 heteroatoms. The van der Waals surface area contributed by atoms with Crippen molar-refractivity contribution in [3.05, 3.63) is 11.6 Å². The summed E-state index contributed by atoms with van der Waals surface area (Å²) < 4.78 is 59.4. The van der Waals surface area contributed by atoms with Gasteiger partial charge in [0.25, 0.3) is 0 Å². The molecular weight excluding hydrogens is 1160 g/mol. The van der Waals surface area contributed by atoms with Crippen molar-refractivity contribution in [3.63, 3.8) is 0 Å². The summed E-state index contributed by atoms with van der Waals surface area (Å²) in [5.74, 6) is -0.0718. The topological polar surface area (TPSA) is 436 Å². The van der Waals surface area contributed by atoms with E-state index in [-0.39, 0.29) is 47.5 Å². The quantitative estimate of drug-likeness (QED) is 0.0537. The van der Waals surface area contributed by atoms with Gasteiger partial charge in [-0.25, -0.2) is 0 Å². The van der Waals surface area contributed by atoms with Crippen LogP contribution in [-0.2, 0) is 47.4 Å². The highest BCUT2D eigenvalue weighted by Gasteiger charge is 2.70. The van der Waals surface area contributed by atoms with Gasteiger partial charge in [0.1, 0.15) is 97.7 Å². The van der Waals surface area contributed by atoms with E-state index in [1.807, 2.05) is 0 Å². The molecule has 5 aliphatic heterocycles. The minimum absolute atomic E-state index is 0.0139. The lowest BCUT2D eigenvalue weighted by molar-refractivity contribution is -0.340. The minimum atomic E-state index is -1.78. The van der Waals surface area contributed by atoms with Crippen LogP contribution in [0.5, 0.6) is 0 Å². The van der Waals surface area contributed by atoms with Crippen molar-refractivity contribution in [2.45, 2.75) is 285 Å². The monoisotopic (exact) mass is 1270 g/mol. The van der Waals surface area contributed by atoms with E-state index in [9.17, 15) is 86.8 Å². The predicted octanol–water partition coefficient (Wildman–Crippen LogP) is -3.10. The molecule has 4 aliphatic carbocycles. The Kier molecular flexibility index (Phi) is 22.1. The fraction of sp³-hybridized carbons (Fsp3) is 0.967. The molecule has 0 bridgehead atoms. The first-order valence-corrected chi connectivity index (χ1v) is 31.8. The van der Waals surface area contributed by atoms with Gasteiger partial charge in [-0.3, -0.25) is 0 Å². The summed E-state index contributed by atoms with van der Waals surface area (Å²) in [4.78, 5) is 0. The van der Waals surface area contributed by atoms with E-state index < -0.39 is 208 Å². The Hall–Kier alpha value is -1.34. The molecule has 8 fully saturated rings. The largest absolute Gasteiger partial charge is 0.394 e. The number of rotatable bonds is 20. The van der Waals surface area contributed by atoms with Crippen molar-refractivity contribution in [3.8, 4) is 0 Å². The third-order valence-electron chi connectivity index (χ3n) is 23.2. The molecule has 0 radical (unpaired) electrons. The molecule has 0 amide bonds. The molecule has 3 saturated carbocycles. The van der Waals surface area contributed by atoms with Crippen LogP contribution < -0.4 is 0 Å². The van der Waals surface area contributed by atoms with Gasteiger partial charge in [-0.1, -0.05) is 60.1 Å². The maximum Gasteiger partial charge on any atom is 0.187 e. The summed E-state index contributed by atoms with van der Waals surface area (Å²) in [5, 5.41) is 182. The normalized spacial score (nSPS) is 51.4. The number of ether oxygens (including phenoxy) is 10. The third-order valence-corrected chi connectivity index (χ3v) is 23.2. The van der Waals surface area contributed by atoms with Crippen molar-refractivity contribution >= 4 is 0 Å². The molecule has 9 aliphatic rings. The molecule has 17 N–H and O–H groups in total. The molecule has 0 aromatic carbocycles. The highest BCUT2D eigenvalue weighted by Crippen LogP contribution is 2.75. The van der Waals surface area contributed by atoms with Gasteiger partial charge >= 0.3 is 0 Å². The second kappa shape index (κ2) is 27.4. The summed E-state index contributed by atoms with van der Waals surface area (Å²) in [5.41, 5.74) is -1.81. The Morgan fingerprint density at radius 2 is 1.03 bits per heavy atom. The van der Waals surface area contributed by atoms with Crippen LogP contribution in [-0.4, -0.2) is 285 Å². The predicted molar refractivity (Wildman–Crippen MR) is 302 cm³/mol. The van der Waals surface area contributed by atoms with Crippen molar-refractivity contribution in [2.75, 3.05) is 33.0 Å². The van der Waals surface area contributed by atoms with Gasteiger partial charge in [-0.15, -0.1) is 0 Å². The van der Waals surface area contributed by atoms with Gasteiger partial charge < -0.3 is 134 Å². The maximum absolute atomic E-state index is 12.8. The Bertz CT molecular complexity index is 2310. The maximum atomic E-state index is 12.8. The van der Waals surface area contributed by atoms with Crippen LogP contribution in [0.1, 0.15) is 120 Å². The lowest BCUT2D eigenvalue weighted by Gasteiger charge is -2.67. The van der Waals surface area contributed by atoms with E-state index in [0.29, 0.717) is 38.5 Å². The van der Waals surface area contributed by atoms with Crippen molar-refractivity contribution in [1.29, 1.82) is 0 Å². The van der Waals surface area contributed by atoms with Crippen LogP contribution in [0.25, 0.3) is 0 Å². The van der Waals surface area contributed by atoms with E-state index >= 15 is 0 Å². The lowest BCUT2D eigenvalue weighted by Crippen LogP contribution is -2.65. The first-order chi connectivity index (χ1) is 41.1. The second-order valence-electron chi connectivity index (χ2n) is 29.0. The van der Waals surface area contributed by atoms with E-state index in [0.717, 1.165) is 18.4 Å². The average Bonchev–Trinajstić information content (AvgIpc) is 1.29.